The topological polar surface area (TPSA) is 70.2 Å². The van der Waals surface area contributed by atoms with E-state index in [1.807, 2.05) is 6.92 Å². The number of amides is 2. The Labute approximate surface area is 90.0 Å². The molecule has 1 aliphatic heterocycles. The maximum atomic E-state index is 11.8. The summed E-state index contributed by atoms with van der Waals surface area (Å²) in [6, 6.07) is 0. The van der Waals surface area contributed by atoms with Gasteiger partial charge in [-0.15, -0.1) is 0 Å². The van der Waals surface area contributed by atoms with Gasteiger partial charge in [0, 0.05) is 26.6 Å². The molecular weight excluding hydrogens is 194 g/mol. The van der Waals surface area contributed by atoms with E-state index in [4.69, 9.17) is 0 Å². The number of hydrogen-bond donors (Lipinski definition) is 3. The highest BCUT2D eigenvalue weighted by Crippen LogP contribution is 2.24. The highest BCUT2D eigenvalue weighted by Gasteiger charge is 2.35. The number of hydrogen-bond acceptors (Lipinski definition) is 3. The van der Waals surface area contributed by atoms with Crippen molar-refractivity contribution in [2.45, 2.75) is 19.8 Å². The summed E-state index contributed by atoms with van der Waals surface area (Å²) in [5, 5.41) is 8.47. The van der Waals surface area contributed by atoms with Crippen LogP contribution in [0.1, 0.15) is 19.8 Å². The zero-order chi connectivity index (χ0) is 11.3. The first-order valence-corrected chi connectivity index (χ1v) is 5.28. The Balaban J connectivity index is 2.26. The van der Waals surface area contributed by atoms with E-state index in [-0.39, 0.29) is 17.2 Å². The molecule has 1 saturated heterocycles. The van der Waals surface area contributed by atoms with Gasteiger partial charge in [-0.3, -0.25) is 9.59 Å². The largest absolute Gasteiger partial charge is 0.359 e. The second-order valence-corrected chi connectivity index (χ2v) is 4.17. The molecule has 3 N–H and O–H groups in total. The standard InChI is InChI=1S/C10H19N3O2/c1-10(4-6-12-7-10)9(15)13-5-3-8(14)11-2/h12H,3-7H2,1-2H3,(H,11,14)(H,13,15). The van der Waals surface area contributed by atoms with E-state index in [1.165, 1.54) is 0 Å². The van der Waals surface area contributed by atoms with E-state index in [9.17, 15) is 9.59 Å². The van der Waals surface area contributed by atoms with E-state index in [0.717, 1.165) is 19.5 Å². The van der Waals surface area contributed by atoms with Gasteiger partial charge in [-0.2, -0.15) is 0 Å². The van der Waals surface area contributed by atoms with Crippen LogP contribution in [0.3, 0.4) is 0 Å². The van der Waals surface area contributed by atoms with Gasteiger partial charge in [0.15, 0.2) is 0 Å². The molecule has 0 radical (unpaired) electrons. The Bertz CT molecular complexity index is 247. The predicted octanol–water partition coefficient (Wildman–Crippen LogP) is -0.762. The molecule has 1 atom stereocenters. The van der Waals surface area contributed by atoms with Gasteiger partial charge in [-0.05, 0) is 19.9 Å². The van der Waals surface area contributed by atoms with Crippen LogP contribution in [-0.4, -0.2) is 38.5 Å². The highest BCUT2D eigenvalue weighted by molar-refractivity contribution is 5.83. The lowest BCUT2D eigenvalue weighted by molar-refractivity contribution is -0.129. The van der Waals surface area contributed by atoms with Crippen molar-refractivity contribution in [3.8, 4) is 0 Å². The summed E-state index contributed by atoms with van der Waals surface area (Å²) in [7, 11) is 1.59. The van der Waals surface area contributed by atoms with Crippen molar-refractivity contribution in [1.29, 1.82) is 0 Å². The van der Waals surface area contributed by atoms with E-state index >= 15 is 0 Å². The van der Waals surface area contributed by atoms with Crippen LogP contribution in [0.4, 0.5) is 0 Å². The van der Waals surface area contributed by atoms with Crippen LogP contribution in [0.15, 0.2) is 0 Å². The van der Waals surface area contributed by atoms with Crippen LogP contribution in [0.25, 0.3) is 0 Å². The van der Waals surface area contributed by atoms with Crippen LogP contribution in [0, 0.1) is 5.41 Å². The van der Waals surface area contributed by atoms with Crippen molar-refractivity contribution >= 4 is 11.8 Å². The van der Waals surface area contributed by atoms with Crippen LogP contribution in [-0.2, 0) is 9.59 Å². The molecule has 0 aromatic carbocycles. The Morgan fingerprint density at radius 1 is 1.47 bits per heavy atom. The molecule has 0 spiro atoms. The first-order valence-electron chi connectivity index (χ1n) is 5.28. The van der Waals surface area contributed by atoms with E-state index in [1.54, 1.807) is 7.05 Å². The van der Waals surface area contributed by atoms with Crippen LogP contribution in [0.5, 0.6) is 0 Å². The summed E-state index contributed by atoms with van der Waals surface area (Å²) in [5.74, 6) is -0.0126. The second-order valence-electron chi connectivity index (χ2n) is 4.17. The van der Waals surface area contributed by atoms with E-state index < -0.39 is 0 Å². The van der Waals surface area contributed by atoms with Crippen LogP contribution < -0.4 is 16.0 Å². The molecule has 5 heteroatoms. The third kappa shape index (κ3) is 3.20. The molecule has 15 heavy (non-hydrogen) atoms. The molecule has 0 aliphatic carbocycles. The van der Waals surface area contributed by atoms with Crippen molar-refractivity contribution in [3.63, 3.8) is 0 Å². The average Bonchev–Trinajstić information content (AvgIpc) is 2.66. The summed E-state index contributed by atoms with van der Waals surface area (Å²) in [6.07, 6.45) is 1.20. The minimum absolute atomic E-state index is 0.0383. The lowest BCUT2D eigenvalue weighted by Crippen LogP contribution is -2.41. The molecule has 1 aliphatic rings. The Kier molecular flexibility index (Phi) is 4.08. The Hall–Kier alpha value is -1.10. The molecule has 5 nitrogen and oxygen atoms in total. The minimum atomic E-state index is -0.303. The Morgan fingerprint density at radius 3 is 2.73 bits per heavy atom. The molecule has 1 rings (SSSR count). The maximum Gasteiger partial charge on any atom is 0.227 e. The van der Waals surface area contributed by atoms with Gasteiger partial charge in [0.2, 0.25) is 11.8 Å². The third-order valence-corrected chi connectivity index (χ3v) is 2.83. The molecule has 2 amide bonds. The van der Waals surface area contributed by atoms with Gasteiger partial charge in [0.25, 0.3) is 0 Å². The van der Waals surface area contributed by atoms with Gasteiger partial charge in [-0.25, -0.2) is 0 Å². The minimum Gasteiger partial charge on any atom is -0.359 e. The van der Waals surface area contributed by atoms with Crippen molar-refractivity contribution in [3.05, 3.63) is 0 Å². The van der Waals surface area contributed by atoms with Crippen molar-refractivity contribution in [1.82, 2.24) is 16.0 Å². The van der Waals surface area contributed by atoms with Crippen LogP contribution in [0.2, 0.25) is 0 Å². The van der Waals surface area contributed by atoms with Crippen LogP contribution >= 0.6 is 0 Å². The smallest absolute Gasteiger partial charge is 0.227 e. The normalized spacial score (nSPS) is 24.9. The number of rotatable bonds is 4. The fraction of sp³-hybridized carbons (Fsp3) is 0.800. The quantitative estimate of drug-likeness (QED) is 0.575. The molecule has 86 valence electrons. The van der Waals surface area contributed by atoms with Crippen molar-refractivity contribution in [2.24, 2.45) is 5.41 Å². The fourth-order valence-corrected chi connectivity index (χ4v) is 1.64. The molecule has 1 unspecified atom stereocenters. The molecule has 1 heterocycles. The number of nitrogens with one attached hydrogen (secondary N) is 3. The van der Waals surface area contributed by atoms with Gasteiger partial charge >= 0.3 is 0 Å². The van der Waals surface area contributed by atoms with E-state index in [0.29, 0.717) is 13.0 Å². The molecule has 0 aromatic heterocycles. The fourth-order valence-electron chi connectivity index (χ4n) is 1.64. The summed E-state index contributed by atoms with van der Waals surface area (Å²) in [5.41, 5.74) is -0.303. The third-order valence-electron chi connectivity index (χ3n) is 2.83. The van der Waals surface area contributed by atoms with Gasteiger partial charge in [0.05, 0.1) is 5.41 Å². The lowest BCUT2D eigenvalue weighted by atomic mass is 9.89. The summed E-state index contributed by atoms with van der Waals surface area (Å²) < 4.78 is 0. The molecule has 0 aromatic rings. The Morgan fingerprint density at radius 2 is 2.20 bits per heavy atom. The predicted molar refractivity (Wildman–Crippen MR) is 57.3 cm³/mol. The van der Waals surface area contributed by atoms with E-state index in [2.05, 4.69) is 16.0 Å². The summed E-state index contributed by atoms with van der Waals surface area (Å²) in [6.45, 7) is 3.97. The zero-order valence-corrected chi connectivity index (χ0v) is 9.35. The summed E-state index contributed by atoms with van der Waals surface area (Å²) >= 11 is 0. The SMILES string of the molecule is CNC(=O)CCNC(=O)C1(C)CCNC1. The van der Waals surface area contributed by atoms with Gasteiger partial charge in [0.1, 0.15) is 0 Å². The molecule has 0 bridgehead atoms. The molecule has 0 saturated carbocycles. The average molecular weight is 213 g/mol. The van der Waals surface area contributed by atoms with Gasteiger partial charge in [-0.1, -0.05) is 0 Å². The van der Waals surface area contributed by atoms with Crippen molar-refractivity contribution in [2.75, 3.05) is 26.7 Å². The molecular formula is C10H19N3O2. The number of carbonyl (C=O) groups excluding carboxylic acids is 2. The molecule has 1 fully saturated rings. The summed E-state index contributed by atoms with van der Waals surface area (Å²) in [4.78, 5) is 22.7. The zero-order valence-electron chi connectivity index (χ0n) is 9.35. The van der Waals surface area contributed by atoms with Crippen molar-refractivity contribution < 1.29 is 9.59 Å². The second kappa shape index (κ2) is 5.11. The first-order chi connectivity index (χ1) is 7.08. The van der Waals surface area contributed by atoms with Gasteiger partial charge < -0.3 is 16.0 Å². The number of carbonyl (C=O) groups is 2. The maximum absolute atomic E-state index is 11.8. The highest BCUT2D eigenvalue weighted by atomic mass is 16.2. The first kappa shape index (κ1) is 12.0. The lowest BCUT2D eigenvalue weighted by Gasteiger charge is -2.21. The monoisotopic (exact) mass is 213 g/mol.